The van der Waals surface area contributed by atoms with E-state index in [1.165, 1.54) is 10.6 Å². The van der Waals surface area contributed by atoms with Crippen molar-refractivity contribution in [1.29, 1.82) is 0 Å². The van der Waals surface area contributed by atoms with Crippen molar-refractivity contribution in [3.05, 3.63) is 51.8 Å². The predicted octanol–water partition coefficient (Wildman–Crippen LogP) is 2.11. The van der Waals surface area contributed by atoms with Gasteiger partial charge in [-0.2, -0.15) is 4.52 Å². The summed E-state index contributed by atoms with van der Waals surface area (Å²) in [5.74, 6) is -0.127. The van der Waals surface area contributed by atoms with Crippen LogP contribution in [-0.2, 0) is 19.9 Å². The van der Waals surface area contributed by atoms with Gasteiger partial charge >= 0.3 is 5.69 Å². The lowest BCUT2D eigenvalue weighted by Gasteiger charge is -2.18. The minimum atomic E-state index is -0.385. The second-order valence-corrected chi connectivity index (χ2v) is 5.62. The Balaban J connectivity index is 2.04. The number of rotatable bonds is 1. The molecular weight excluding hydrogens is 283 g/mol. The van der Waals surface area contributed by atoms with E-state index in [9.17, 15) is 9.18 Å². The first-order chi connectivity index (χ1) is 10.7. The van der Waals surface area contributed by atoms with Crippen molar-refractivity contribution >= 4 is 5.65 Å². The van der Waals surface area contributed by atoms with E-state index in [0.29, 0.717) is 11.2 Å². The minimum absolute atomic E-state index is 0.231. The lowest BCUT2D eigenvalue weighted by atomic mass is 9.96. The average molecular weight is 298 g/mol. The van der Waals surface area contributed by atoms with Gasteiger partial charge in [0.05, 0.1) is 5.56 Å². The molecule has 0 fully saturated rings. The van der Waals surface area contributed by atoms with Gasteiger partial charge in [0.1, 0.15) is 5.82 Å². The van der Waals surface area contributed by atoms with Crippen LogP contribution >= 0.6 is 0 Å². The molecule has 0 spiro atoms. The number of fused-ring (bicyclic) bond motifs is 3. The van der Waals surface area contributed by atoms with Gasteiger partial charge in [-0.1, -0.05) is 12.1 Å². The van der Waals surface area contributed by atoms with Crippen molar-refractivity contribution < 1.29 is 4.39 Å². The summed E-state index contributed by atoms with van der Waals surface area (Å²) in [6, 6.07) is 6.35. The molecule has 0 radical (unpaired) electrons. The summed E-state index contributed by atoms with van der Waals surface area (Å²) in [5, 5.41) is 4.24. The summed E-state index contributed by atoms with van der Waals surface area (Å²) >= 11 is 0. The Hall–Kier alpha value is -2.50. The summed E-state index contributed by atoms with van der Waals surface area (Å²) in [5.41, 5.74) is 2.74. The molecule has 0 saturated carbocycles. The van der Waals surface area contributed by atoms with Gasteiger partial charge in [-0.3, -0.25) is 4.57 Å². The maximum Gasteiger partial charge on any atom is 0.350 e. The third-order valence-electron chi connectivity index (χ3n) is 4.30. The normalized spacial score (nSPS) is 14.3. The van der Waals surface area contributed by atoms with Crippen molar-refractivity contribution in [2.75, 3.05) is 0 Å². The van der Waals surface area contributed by atoms with Crippen LogP contribution in [0.3, 0.4) is 0 Å². The van der Waals surface area contributed by atoms with Crippen LogP contribution in [0.25, 0.3) is 17.0 Å². The SMILES string of the molecule is Cn1c2c(c3nc(-c4ccccc4F)nn3c1=O)CCCC2. The van der Waals surface area contributed by atoms with Crippen LogP contribution in [0.5, 0.6) is 0 Å². The van der Waals surface area contributed by atoms with Crippen molar-refractivity contribution in [3.8, 4) is 11.4 Å². The highest BCUT2D eigenvalue weighted by Crippen LogP contribution is 2.25. The van der Waals surface area contributed by atoms with Gasteiger partial charge in [-0.25, -0.2) is 14.2 Å². The Morgan fingerprint density at radius 2 is 1.95 bits per heavy atom. The lowest BCUT2D eigenvalue weighted by Crippen LogP contribution is -2.30. The Bertz CT molecular complexity index is 941. The van der Waals surface area contributed by atoms with Crippen molar-refractivity contribution in [2.45, 2.75) is 25.7 Å². The molecule has 2 heterocycles. The molecular formula is C16H15FN4O. The van der Waals surface area contributed by atoms with Gasteiger partial charge in [0, 0.05) is 18.3 Å². The van der Waals surface area contributed by atoms with Crippen LogP contribution in [0, 0.1) is 5.82 Å². The van der Waals surface area contributed by atoms with Crippen LogP contribution < -0.4 is 5.69 Å². The van der Waals surface area contributed by atoms with Crippen molar-refractivity contribution in [3.63, 3.8) is 0 Å². The monoisotopic (exact) mass is 298 g/mol. The third-order valence-corrected chi connectivity index (χ3v) is 4.30. The Morgan fingerprint density at radius 3 is 2.77 bits per heavy atom. The van der Waals surface area contributed by atoms with Gasteiger partial charge in [-0.05, 0) is 37.8 Å². The standard InChI is InChI=1S/C16H15FN4O/c1-20-13-9-5-3-7-11(13)15-18-14(19-21(15)16(20)22)10-6-2-4-8-12(10)17/h2,4,6,8H,3,5,7,9H2,1H3. The molecule has 6 heteroatoms. The molecule has 0 N–H and O–H groups in total. The van der Waals surface area contributed by atoms with Crippen molar-refractivity contribution in [1.82, 2.24) is 19.2 Å². The largest absolute Gasteiger partial charge is 0.350 e. The summed E-state index contributed by atoms with van der Waals surface area (Å²) in [7, 11) is 1.76. The minimum Gasteiger partial charge on any atom is -0.299 e. The second-order valence-electron chi connectivity index (χ2n) is 5.62. The number of hydrogen-bond acceptors (Lipinski definition) is 3. The fraction of sp³-hybridized carbons (Fsp3) is 0.312. The first-order valence-corrected chi connectivity index (χ1v) is 7.39. The fourth-order valence-corrected chi connectivity index (χ4v) is 3.16. The third kappa shape index (κ3) is 1.80. The van der Waals surface area contributed by atoms with E-state index >= 15 is 0 Å². The topological polar surface area (TPSA) is 52.2 Å². The smallest absolute Gasteiger partial charge is 0.299 e. The zero-order chi connectivity index (χ0) is 15.3. The summed E-state index contributed by atoms with van der Waals surface area (Å²) < 4.78 is 16.9. The summed E-state index contributed by atoms with van der Waals surface area (Å²) in [4.78, 5) is 16.9. The molecule has 4 rings (SSSR count). The molecule has 3 aromatic rings. The van der Waals surface area contributed by atoms with Gasteiger partial charge in [-0.15, -0.1) is 5.10 Å². The molecule has 0 aliphatic heterocycles. The van der Waals surface area contributed by atoms with Crippen LogP contribution in [0.1, 0.15) is 24.1 Å². The summed E-state index contributed by atoms with van der Waals surface area (Å²) in [6.45, 7) is 0. The first-order valence-electron chi connectivity index (χ1n) is 7.39. The maximum atomic E-state index is 14.0. The first kappa shape index (κ1) is 13.2. The molecule has 1 aliphatic carbocycles. The quantitative estimate of drug-likeness (QED) is 0.691. The number of benzene rings is 1. The zero-order valence-corrected chi connectivity index (χ0v) is 12.2. The molecule has 5 nitrogen and oxygen atoms in total. The molecule has 1 aliphatic rings. The highest BCUT2D eigenvalue weighted by Gasteiger charge is 2.21. The predicted molar refractivity (Wildman–Crippen MR) is 80.3 cm³/mol. The highest BCUT2D eigenvalue weighted by molar-refractivity contribution is 5.61. The molecule has 0 amide bonds. The molecule has 2 aromatic heterocycles. The van der Waals surface area contributed by atoms with E-state index in [2.05, 4.69) is 10.1 Å². The van der Waals surface area contributed by atoms with Gasteiger partial charge in [0.25, 0.3) is 0 Å². The number of hydrogen-bond donors (Lipinski definition) is 0. The Kier molecular flexibility index (Phi) is 2.85. The van der Waals surface area contributed by atoms with E-state index in [1.54, 1.807) is 29.8 Å². The Morgan fingerprint density at radius 1 is 1.18 bits per heavy atom. The molecule has 1 aromatic carbocycles. The fourth-order valence-electron chi connectivity index (χ4n) is 3.16. The number of halogens is 1. The molecule has 0 unspecified atom stereocenters. The van der Waals surface area contributed by atoms with Gasteiger partial charge < -0.3 is 0 Å². The van der Waals surface area contributed by atoms with E-state index in [-0.39, 0.29) is 17.3 Å². The number of aromatic nitrogens is 4. The molecule has 112 valence electrons. The van der Waals surface area contributed by atoms with Crippen LogP contribution in [-0.4, -0.2) is 19.2 Å². The van der Waals surface area contributed by atoms with E-state index in [4.69, 9.17) is 0 Å². The maximum absolute atomic E-state index is 14.0. The highest BCUT2D eigenvalue weighted by atomic mass is 19.1. The lowest BCUT2D eigenvalue weighted by molar-refractivity contribution is 0.600. The van der Waals surface area contributed by atoms with E-state index in [1.807, 2.05) is 0 Å². The van der Waals surface area contributed by atoms with Crippen LogP contribution in [0.4, 0.5) is 4.39 Å². The molecule has 0 atom stereocenters. The van der Waals surface area contributed by atoms with Crippen LogP contribution in [0.2, 0.25) is 0 Å². The molecule has 0 bridgehead atoms. The average Bonchev–Trinajstić information content (AvgIpc) is 2.98. The number of nitrogens with zero attached hydrogens (tertiary/aromatic N) is 4. The molecule has 22 heavy (non-hydrogen) atoms. The summed E-state index contributed by atoms with van der Waals surface area (Å²) in [6.07, 6.45) is 3.90. The van der Waals surface area contributed by atoms with Crippen molar-refractivity contribution in [2.24, 2.45) is 7.05 Å². The van der Waals surface area contributed by atoms with E-state index < -0.39 is 0 Å². The zero-order valence-electron chi connectivity index (χ0n) is 12.2. The van der Waals surface area contributed by atoms with E-state index in [0.717, 1.165) is 36.9 Å². The van der Waals surface area contributed by atoms with Gasteiger partial charge in [0.15, 0.2) is 11.5 Å². The van der Waals surface area contributed by atoms with Gasteiger partial charge in [0.2, 0.25) is 0 Å². The number of aryl methyl sites for hydroxylation is 1. The molecule has 0 saturated heterocycles. The van der Waals surface area contributed by atoms with Crippen LogP contribution in [0.15, 0.2) is 29.1 Å². The second kappa shape index (κ2) is 4.76. The Labute approximate surface area is 126 Å².